The number of carbonyl (C=O) groups excluding carboxylic acids is 1. The highest BCUT2D eigenvalue weighted by atomic mass is 16.5. The zero-order valence-electron chi connectivity index (χ0n) is 9.74. The first-order valence-corrected chi connectivity index (χ1v) is 5.76. The zero-order valence-corrected chi connectivity index (χ0v) is 9.74. The second kappa shape index (κ2) is 6.08. The van der Waals surface area contributed by atoms with E-state index in [0.29, 0.717) is 6.04 Å². The Morgan fingerprint density at radius 3 is 2.87 bits per heavy atom. The second-order valence-electron chi connectivity index (χ2n) is 4.22. The van der Waals surface area contributed by atoms with E-state index in [0.717, 1.165) is 39.1 Å². The van der Waals surface area contributed by atoms with Crippen molar-refractivity contribution in [3.05, 3.63) is 0 Å². The van der Waals surface area contributed by atoms with Crippen LogP contribution in [0.4, 0.5) is 0 Å². The van der Waals surface area contributed by atoms with Crippen LogP contribution >= 0.6 is 0 Å². The third kappa shape index (κ3) is 3.80. The van der Waals surface area contributed by atoms with Crippen LogP contribution in [0, 0.1) is 5.92 Å². The van der Waals surface area contributed by atoms with Gasteiger partial charge in [-0.25, -0.2) is 0 Å². The fourth-order valence-electron chi connectivity index (χ4n) is 2.05. The molecule has 2 N–H and O–H groups in total. The number of carbonyl (C=O) groups is 1. The third-order valence-corrected chi connectivity index (χ3v) is 3.14. The van der Waals surface area contributed by atoms with Crippen LogP contribution in [0.15, 0.2) is 0 Å². The highest BCUT2D eigenvalue weighted by molar-refractivity contribution is 5.76. The fraction of sp³-hybridized carbons (Fsp3) is 0.909. The number of hydrogen-bond acceptors (Lipinski definition) is 3. The maximum absolute atomic E-state index is 11.1. The van der Waals surface area contributed by atoms with E-state index in [1.165, 1.54) is 0 Å². The molecule has 0 aromatic rings. The number of piperidine rings is 1. The number of ether oxygens (including phenoxy) is 1. The van der Waals surface area contributed by atoms with Gasteiger partial charge in [-0.1, -0.05) is 0 Å². The molecule has 0 aliphatic carbocycles. The van der Waals surface area contributed by atoms with Crippen LogP contribution in [-0.2, 0) is 9.53 Å². The lowest BCUT2D eigenvalue weighted by atomic mass is 9.93. The molecule has 1 aliphatic rings. The molecule has 1 rings (SSSR count). The standard InChI is InChI=1S/C11H22N2O2/c1-3-15-7-6-13-8-10(11(12)14)5-4-9(13)2/h9-10H,3-8H2,1-2H3,(H2,12,14)/t9-,10-/m1/s1. The molecule has 0 bridgehead atoms. The van der Waals surface area contributed by atoms with Crippen molar-refractivity contribution < 1.29 is 9.53 Å². The quantitative estimate of drug-likeness (QED) is 0.682. The van der Waals surface area contributed by atoms with Gasteiger partial charge in [0.15, 0.2) is 0 Å². The lowest BCUT2D eigenvalue weighted by Gasteiger charge is -2.36. The minimum absolute atomic E-state index is 0.0304. The van der Waals surface area contributed by atoms with Gasteiger partial charge >= 0.3 is 0 Å². The van der Waals surface area contributed by atoms with Crippen LogP contribution in [0.5, 0.6) is 0 Å². The van der Waals surface area contributed by atoms with E-state index in [4.69, 9.17) is 10.5 Å². The summed E-state index contributed by atoms with van der Waals surface area (Å²) < 4.78 is 5.32. The molecule has 0 radical (unpaired) electrons. The molecule has 1 aliphatic heterocycles. The molecule has 88 valence electrons. The van der Waals surface area contributed by atoms with E-state index < -0.39 is 0 Å². The molecule has 0 aromatic carbocycles. The predicted octanol–water partition coefficient (Wildman–Crippen LogP) is 0.609. The van der Waals surface area contributed by atoms with Gasteiger partial charge in [0.05, 0.1) is 12.5 Å². The van der Waals surface area contributed by atoms with Gasteiger partial charge in [-0.05, 0) is 26.7 Å². The summed E-state index contributed by atoms with van der Waals surface area (Å²) in [6.45, 7) is 7.38. The average molecular weight is 214 g/mol. The Balaban J connectivity index is 2.36. The van der Waals surface area contributed by atoms with Gasteiger partial charge in [0.2, 0.25) is 5.91 Å². The molecule has 1 fully saturated rings. The van der Waals surface area contributed by atoms with Crippen LogP contribution in [0.1, 0.15) is 26.7 Å². The van der Waals surface area contributed by atoms with E-state index in [-0.39, 0.29) is 11.8 Å². The van der Waals surface area contributed by atoms with Crippen LogP contribution in [-0.4, -0.2) is 43.2 Å². The Bertz CT molecular complexity index is 209. The van der Waals surface area contributed by atoms with Crippen LogP contribution in [0.2, 0.25) is 0 Å². The molecule has 4 nitrogen and oxygen atoms in total. The summed E-state index contributed by atoms with van der Waals surface area (Å²) >= 11 is 0. The summed E-state index contributed by atoms with van der Waals surface area (Å²) in [5.41, 5.74) is 5.33. The number of amides is 1. The van der Waals surface area contributed by atoms with Gasteiger partial charge in [-0.15, -0.1) is 0 Å². The van der Waals surface area contributed by atoms with Crippen molar-refractivity contribution >= 4 is 5.91 Å². The molecule has 2 atom stereocenters. The average Bonchev–Trinajstić information content (AvgIpc) is 2.20. The second-order valence-corrected chi connectivity index (χ2v) is 4.22. The first-order valence-electron chi connectivity index (χ1n) is 5.76. The zero-order chi connectivity index (χ0) is 11.3. The molecule has 0 unspecified atom stereocenters. The first-order chi connectivity index (χ1) is 7.15. The lowest BCUT2D eigenvalue weighted by Crippen LogP contribution is -2.46. The first kappa shape index (κ1) is 12.5. The van der Waals surface area contributed by atoms with Gasteiger partial charge in [-0.2, -0.15) is 0 Å². The molecule has 1 amide bonds. The van der Waals surface area contributed by atoms with Gasteiger partial charge in [0.1, 0.15) is 0 Å². The SMILES string of the molecule is CCOCCN1C[C@H](C(N)=O)CC[C@H]1C. The molecule has 0 saturated carbocycles. The lowest BCUT2D eigenvalue weighted by molar-refractivity contribution is -0.124. The molecule has 1 heterocycles. The summed E-state index contributed by atoms with van der Waals surface area (Å²) in [4.78, 5) is 13.4. The monoisotopic (exact) mass is 214 g/mol. The summed E-state index contributed by atoms with van der Waals surface area (Å²) in [5, 5.41) is 0. The summed E-state index contributed by atoms with van der Waals surface area (Å²) in [6, 6.07) is 0.543. The minimum atomic E-state index is -0.164. The largest absolute Gasteiger partial charge is 0.380 e. The van der Waals surface area contributed by atoms with Crippen molar-refractivity contribution in [2.24, 2.45) is 11.7 Å². The van der Waals surface area contributed by atoms with Crippen molar-refractivity contribution in [2.75, 3.05) is 26.3 Å². The molecule has 0 aromatic heterocycles. The fourth-order valence-corrected chi connectivity index (χ4v) is 2.05. The Morgan fingerprint density at radius 2 is 2.27 bits per heavy atom. The highest BCUT2D eigenvalue weighted by Crippen LogP contribution is 2.21. The Morgan fingerprint density at radius 1 is 1.53 bits per heavy atom. The van der Waals surface area contributed by atoms with Crippen molar-refractivity contribution in [1.29, 1.82) is 0 Å². The number of rotatable bonds is 5. The van der Waals surface area contributed by atoms with E-state index >= 15 is 0 Å². The number of primary amides is 1. The van der Waals surface area contributed by atoms with Crippen molar-refractivity contribution in [3.63, 3.8) is 0 Å². The smallest absolute Gasteiger partial charge is 0.221 e. The van der Waals surface area contributed by atoms with Crippen LogP contribution < -0.4 is 5.73 Å². The van der Waals surface area contributed by atoms with Crippen LogP contribution in [0.3, 0.4) is 0 Å². The van der Waals surface area contributed by atoms with Gasteiger partial charge in [0.25, 0.3) is 0 Å². The van der Waals surface area contributed by atoms with Gasteiger partial charge in [-0.3, -0.25) is 9.69 Å². The van der Waals surface area contributed by atoms with Gasteiger partial charge in [0, 0.05) is 25.7 Å². The van der Waals surface area contributed by atoms with Gasteiger partial charge < -0.3 is 10.5 Å². The molecular weight excluding hydrogens is 192 g/mol. The number of likely N-dealkylation sites (tertiary alicyclic amines) is 1. The normalized spacial score (nSPS) is 27.9. The number of nitrogens with two attached hydrogens (primary N) is 1. The molecule has 1 saturated heterocycles. The number of nitrogens with zero attached hydrogens (tertiary/aromatic N) is 1. The maximum Gasteiger partial charge on any atom is 0.221 e. The number of hydrogen-bond donors (Lipinski definition) is 1. The minimum Gasteiger partial charge on any atom is -0.380 e. The third-order valence-electron chi connectivity index (χ3n) is 3.14. The van der Waals surface area contributed by atoms with E-state index in [1.54, 1.807) is 0 Å². The van der Waals surface area contributed by atoms with Crippen molar-refractivity contribution in [3.8, 4) is 0 Å². The maximum atomic E-state index is 11.1. The molecular formula is C11H22N2O2. The Kier molecular flexibility index (Phi) is 5.05. The Hall–Kier alpha value is -0.610. The highest BCUT2D eigenvalue weighted by Gasteiger charge is 2.27. The topological polar surface area (TPSA) is 55.6 Å². The van der Waals surface area contributed by atoms with E-state index in [1.807, 2.05) is 6.92 Å². The van der Waals surface area contributed by atoms with Crippen molar-refractivity contribution in [2.45, 2.75) is 32.7 Å². The van der Waals surface area contributed by atoms with Crippen molar-refractivity contribution in [1.82, 2.24) is 4.90 Å². The summed E-state index contributed by atoms with van der Waals surface area (Å²) in [5.74, 6) is -0.133. The molecule has 0 spiro atoms. The molecule has 15 heavy (non-hydrogen) atoms. The Labute approximate surface area is 91.8 Å². The van der Waals surface area contributed by atoms with Crippen LogP contribution in [0.25, 0.3) is 0 Å². The molecule has 4 heteroatoms. The van der Waals surface area contributed by atoms with E-state index in [2.05, 4.69) is 11.8 Å². The summed E-state index contributed by atoms with van der Waals surface area (Å²) in [7, 11) is 0. The predicted molar refractivity (Wildman–Crippen MR) is 59.4 cm³/mol. The van der Waals surface area contributed by atoms with E-state index in [9.17, 15) is 4.79 Å². The summed E-state index contributed by atoms with van der Waals surface area (Å²) in [6.07, 6.45) is 1.99.